The molecule has 0 atom stereocenters. The van der Waals surface area contributed by atoms with Crippen molar-refractivity contribution in [3.05, 3.63) is 12.4 Å². The highest BCUT2D eigenvalue weighted by Crippen LogP contribution is 2.49. The maximum Gasteiger partial charge on any atom is 0.407 e. The standard InChI is InChI=1S/C10H15F3N4O2S/c1-14-4-5-17-7-8(6-15-17)20(18,19)16-9(2-3-9)10(11,12)13/h6-7,14,16H,2-5H2,1H3. The third-order valence-electron chi connectivity index (χ3n) is 3.13. The van der Waals surface area contributed by atoms with Gasteiger partial charge in [-0.25, -0.2) is 8.42 Å². The highest BCUT2D eigenvalue weighted by molar-refractivity contribution is 7.89. The minimum absolute atomic E-state index is 0.233. The second-order valence-electron chi connectivity index (χ2n) is 4.73. The van der Waals surface area contributed by atoms with Crippen LogP contribution in [0.3, 0.4) is 0 Å². The van der Waals surface area contributed by atoms with Crippen LogP contribution in [0.1, 0.15) is 12.8 Å². The van der Waals surface area contributed by atoms with Crippen LogP contribution in [0.5, 0.6) is 0 Å². The first kappa shape index (κ1) is 15.3. The van der Waals surface area contributed by atoms with Gasteiger partial charge in [0.1, 0.15) is 10.4 Å². The molecule has 1 aliphatic rings. The van der Waals surface area contributed by atoms with Gasteiger partial charge in [-0.05, 0) is 19.9 Å². The monoisotopic (exact) mass is 312 g/mol. The lowest BCUT2D eigenvalue weighted by Gasteiger charge is -2.19. The van der Waals surface area contributed by atoms with Crippen LogP contribution >= 0.6 is 0 Å². The molecule has 0 aliphatic heterocycles. The van der Waals surface area contributed by atoms with Crippen LogP contribution in [0.4, 0.5) is 13.2 Å². The van der Waals surface area contributed by atoms with Gasteiger partial charge in [0.2, 0.25) is 10.0 Å². The van der Waals surface area contributed by atoms with E-state index in [0.29, 0.717) is 13.1 Å². The Labute approximate surface area is 114 Å². The summed E-state index contributed by atoms with van der Waals surface area (Å²) in [5.41, 5.74) is -2.31. The van der Waals surface area contributed by atoms with E-state index in [-0.39, 0.29) is 17.7 Å². The van der Waals surface area contributed by atoms with E-state index in [2.05, 4.69) is 10.4 Å². The van der Waals surface area contributed by atoms with Crippen molar-refractivity contribution in [3.8, 4) is 0 Å². The third-order valence-corrected chi connectivity index (χ3v) is 4.62. The molecule has 0 saturated heterocycles. The van der Waals surface area contributed by atoms with Crippen LogP contribution in [0, 0.1) is 0 Å². The van der Waals surface area contributed by atoms with E-state index in [1.165, 1.54) is 10.9 Å². The average molecular weight is 312 g/mol. The number of aromatic nitrogens is 2. The molecule has 20 heavy (non-hydrogen) atoms. The summed E-state index contributed by atoms with van der Waals surface area (Å²) < 4.78 is 65.3. The topological polar surface area (TPSA) is 76.0 Å². The van der Waals surface area contributed by atoms with Crippen molar-refractivity contribution < 1.29 is 21.6 Å². The largest absolute Gasteiger partial charge is 0.407 e. The second kappa shape index (κ2) is 5.01. The summed E-state index contributed by atoms with van der Waals surface area (Å²) in [6.45, 7) is 0.998. The maximum absolute atomic E-state index is 12.8. The van der Waals surface area contributed by atoms with Crippen LogP contribution < -0.4 is 10.0 Å². The zero-order chi connectivity index (χ0) is 15.0. The van der Waals surface area contributed by atoms with Crippen LogP contribution in [0.15, 0.2) is 17.3 Å². The first-order valence-corrected chi connectivity index (χ1v) is 7.46. The summed E-state index contributed by atoms with van der Waals surface area (Å²) in [4.78, 5) is -0.260. The number of sulfonamides is 1. The number of likely N-dealkylation sites (N-methyl/N-ethyl adjacent to an activating group) is 1. The summed E-state index contributed by atoms with van der Waals surface area (Å²) in [5, 5.41) is 6.67. The highest BCUT2D eigenvalue weighted by Gasteiger charge is 2.65. The molecule has 10 heteroatoms. The summed E-state index contributed by atoms with van der Waals surface area (Å²) in [6.07, 6.45) is -2.79. The van der Waals surface area contributed by atoms with Gasteiger partial charge in [-0.2, -0.15) is 23.0 Å². The first-order chi connectivity index (χ1) is 9.20. The maximum atomic E-state index is 12.8. The Bertz CT molecular complexity index is 578. The molecule has 0 spiro atoms. The Morgan fingerprint density at radius 1 is 1.45 bits per heavy atom. The van der Waals surface area contributed by atoms with E-state index in [0.717, 1.165) is 6.20 Å². The molecule has 1 aliphatic carbocycles. The quantitative estimate of drug-likeness (QED) is 0.801. The van der Waals surface area contributed by atoms with E-state index in [9.17, 15) is 21.6 Å². The molecule has 1 saturated carbocycles. The van der Waals surface area contributed by atoms with Crippen molar-refractivity contribution in [2.75, 3.05) is 13.6 Å². The summed E-state index contributed by atoms with van der Waals surface area (Å²) in [5.74, 6) is 0. The molecular weight excluding hydrogens is 297 g/mol. The molecule has 1 fully saturated rings. The third kappa shape index (κ3) is 2.96. The van der Waals surface area contributed by atoms with E-state index in [1.54, 1.807) is 11.8 Å². The van der Waals surface area contributed by atoms with Gasteiger partial charge < -0.3 is 5.32 Å². The van der Waals surface area contributed by atoms with Gasteiger partial charge in [0, 0.05) is 12.7 Å². The first-order valence-electron chi connectivity index (χ1n) is 5.98. The molecule has 0 unspecified atom stereocenters. The zero-order valence-corrected chi connectivity index (χ0v) is 11.6. The van der Waals surface area contributed by atoms with E-state index in [1.807, 2.05) is 0 Å². The van der Waals surface area contributed by atoms with E-state index < -0.39 is 21.7 Å². The normalized spacial score (nSPS) is 18.2. The average Bonchev–Trinajstić information content (AvgIpc) is 2.94. The molecule has 0 amide bonds. The minimum atomic E-state index is -4.58. The molecule has 0 bridgehead atoms. The summed E-state index contributed by atoms with van der Waals surface area (Å²) in [6, 6.07) is 0. The molecule has 1 aromatic rings. The fourth-order valence-corrected chi connectivity index (χ4v) is 3.12. The lowest BCUT2D eigenvalue weighted by Crippen LogP contribution is -2.47. The Balaban J connectivity index is 2.13. The minimum Gasteiger partial charge on any atom is -0.318 e. The molecule has 1 heterocycles. The van der Waals surface area contributed by atoms with E-state index >= 15 is 0 Å². The van der Waals surface area contributed by atoms with Gasteiger partial charge in [-0.3, -0.25) is 4.68 Å². The van der Waals surface area contributed by atoms with Gasteiger partial charge in [-0.1, -0.05) is 0 Å². The van der Waals surface area contributed by atoms with Crippen LogP contribution in [-0.2, 0) is 16.6 Å². The van der Waals surface area contributed by atoms with Gasteiger partial charge in [0.05, 0.1) is 12.7 Å². The fraction of sp³-hybridized carbons (Fsp3) is 0.700. The number of nitrogens with zero attached hydrogens (tertiary/aromatic N) is 2. The summed E-state index contributed by atoms with van der Waals surface area (Å²) in [7, 11) is -2.49. The SMILES string of the molecule is CNCCn1cc(S(=O)(=O)NC2(C(F)(F)F)CC2)cn1. The molecule has 0 aromatic carbocycles. The highest BCUT2D eigenvalue weighted by atomic mass is 32.2. The fourth-order valence-electron chi connectivity index (χ4n) is 1.72. The van der Waals surface area contributed by atoms with Gasteiger partial charge in [0.25, 0.3) is 0 Å². The molecule has 114 valence electrons. The lowest BCUT2D eigenvalue weighted by molar-refractivity contribution is -0.160. The Morgan fingerprint density at radius 2 is 2.10 bits per heavy atom. The number of hydrogen-bond donors (Lipinski definition) is 2. The van der Waals surface area contributed by atoms with Gasteiger partial charge in [0.15, 0.2) is 0 Å². The number of nitrogens with one attached hydrogen (secondary N) is 2. The molecule has 1 aromatic heterocycles. The number of alkyl halides is 3. The predicted molar refractivity (Wildman–Crippen MR) is 64.5 cm³/mol. The predicted octanol–water partition coefficient (Wildman–Crippen LogP) is 0.476. The number of hydrogen-bond acceptors (Lipinski definition) is 4. The second-order valence-corrected chi connectivity index (χ2v) is 6.41. The summed E-state index contributed by atoms with van der Waals surface area (Å²) >= 11 is 0. The Morgan fingerprint density at radius 3 is 2.60 bits per heavy atom. The van der Waals surface area contributed by atoms with E-state index in [4.69, 9.17) is 0 Å². The smallest absolute Gasteiger partial charge is 0.318 e. The molecular formula is C10H15F3N4O2S. The molecule has 0 radical (unpaired) electrons. The molecule has 2 rings (SSSR count). The number of halogens is 3. The van der Waals surface area contributed by atoms with Crippen LogP contribution in [0.2, 0.25) is 0 Å². The lowest BCUT2D eigenvalue weighted by atomic mass is 10.3. The van der Waals surface area contributed by atoms with Crippen molar-refractivity contribution in [3.63, 3.8) is 0 Å². The van der Waals surface area contributed by atoms with Gasteiger partial charge in [-0.15, -0.1) is 0 Å². The van der Waals surface area contributed by atoms with Gasteiger partial charge >= 0.3 is 6.18 Å². The van der Waals surface area contributed by atoms with Crippen molar-refractivity contribution in [1.82, 2.24) is 19.8 Å². The van der Waals surface area contributed by atoms with Crippen molar-refractivity contribution in [2.24, 2.45) is 0 Å². The number of rotatable bonds is 6. The zero-order valence-electron chi connectivity index (χ0n) is 10.7. The van der Waals surface area contributed by atoms with Crippen LogP contribution in [-0.4, -0.2) is 43.5 Å². The van der Waals surface area contributed by atoms with Crippen LogP contribution in [0.25, 0.3) is 0 Å². The van der Waals surface area contributed by atoms with Crippen molar-refractivity contribution in [1.29, 1.82) is 0 Å². The Hall–Kier alpha value is -1.13. The Kier molecular flexibility index (Phi) is 3.82. The molecule has 2 N–H and O–H groups in total. The molecule has 6 nitrogen and oxygen atoms in total. The van der Waals surface area contributed by atoms with Crippen molar-refractivity contribution >= 4 is 10.0 Å². The van der Waals surface area contributed by atoms with Crippen molar-refractivity contribution in [2.45, 2.75) is 36.0 Å².